The zero-order valence-electron chi connectivity index (χ0n) is 27.9. The summed E-state index contributed by atoms with van der Waals surface area (Å²) in [6, 6.07) is 30.8. The molecule has 1 aliphatic rings. The van der Waals surface area contributed by atoms with Crippen molar-refractivity contribution >= 4 is 56.8 Å². The van der Waals surface area contributed by atoms with Crippen LogP contribution in [0.3, 0.4) is 0 Å². The van der Waals surface area contributed by atoms with Crippen molar-refractivity contribution < 1.29 is 24.2 Å². The Kier molecular flexibility index (Phi) is 10.0. The van der Waals surface area contributed by atoms with Crippen molar-refractivity contribution in [2.45, 2.75) is 72.4 Å². The van der Waals surface area contributed by atoms with Crippen LogP contribution in [0.5, 0.6) is 0 Å². The van der Waals surface area contributed by atoms with Crippen LogP contribution in [0, 0.1) is 0 Å². The Morgan fingerprint density at radius 3 is 1.82 bits per heavy atom. The molecule has 0 heterocycles. The fourth-order valence-electron chi connectivity index (χ4n) is 6.89. The number of aryl methyl sites for hydroxylation is 1. The molecule has 3 heteroatoms. The van der Waals surface area contributed by atoms with Crippen LogP contribution in [0.2, 0.25) is 39.3 Å². The molecular formula is C41H47Si2Zr-. The summed E-state index contributed by atoms with van der Waals surface area (Å²) >= 11 is 1.46. The number of benzene rings is 4. The van der Waals surface area contributed by atoms with Gasteiger partial charge in [-0.15, -0.1) is 33.7 Å². The molecule has 0 unspecified atom stereocenters. The van der Waals surface area contributed by atoms with Gasteiger partial charge in [0.15, 0.2) is 0 Å². The van der Waals surface area contributed by atoms with E-state index in [1.807, 2.05) is 0 Å². The van der Waals surface area contributed by atoms with Gasteiger partial charge in [0.2, 0.25) is 0 Å². The second kappa shape index (κ2) is 13.4. The summed E-state index contributed by atoms with van der Waals surface area (Å²) in [5.41, 5.74) is 8.83. The van der Waals surface area contributed by atoms with Crippen LogP contribution in [0.25, 0.3) is 27.1 Å². The first-order valence-corrected chi connectivity index (χ1v) is 24.5. The van der Waals surface area contributed by atoms with Crippen LogP contribution in [0.4, 0.5) is 0 Å². The van der Waals surface area contributed by atoms with Gasteiger partial charge in [-0.1, -0.05) is 116 Å². The molecule has 6 rings (SSSR count). The second-order valence-corrected chi connectivity index (χ2v) is 25.3. The third kappa shape index (κ3) is 6.67. The number of hydrogen-bond donors (Lipinski definition) is 0. The molecule has 5 aromatic carbocycles. The Bertz CT molecular complexity index is 1820. The Morgan fingerprint density at radius 2 is 1.34 bits per heavy atom. The summed E-state index contributed by atoms with van der Waals surface area (Å²) in [5.74, 6) is 0. The van der Waals surface area contributed by atoms with Crippen LogP contribution in [-0.4, -0.2) is 19.4 Å². The third-order valence-electron chi connectivity index (χ3n) is 8.81. The molecule has 0 spiro atoms. The molecule has 0 radical (unpaired) electrons. The fraction of sp³-hybridized carbons (Fsp3) is 0.268. The first-order valence-electron chi connectivity index (χ1n) is 16.2. The summed E-state index contributed by atoms with van der Waals surface area (Å²) in [6.07, 6.45) is 10.2. The Labute approximate surface area is 282 Å². The topological polar surface area (TPSA) is 0 Å². The van der Waals surface area contributed by atoms with Crippen molar-refractivity contribution in [2.75, 3.05) is 0 Å². The van der Waals surface area contributed by atoms with Crippen LogP contribution in [0.1, 0.15) is 48.1 Å². The van der Waals surface area contributed by atoms with Gasteiger partial charge in [-0.05, 0) is 19.3 Å². The van der Waals surface area contributed by atoms with E-state index in [1.165, 1.54) is 65.9 Å². The van der Waals surface area contributed by atoms with E-state index >= 15 is 0 Å². The van der Waals surface area contributed by atoms with E-state index < -0.39 is 16.1 Å². The quantitative estimate of drug-likeness (QED) is 0.118. The standard InChI is InChI=1S/C28H37Si2.C13H10.Zr/c1-9-19-15-16-23-21(17-19)18-24-25(20-13-11-12-14-20)22(10-2)27(29(3,4)5)28(26(23)24)30(6,7)8;1-3-7-12(8-4-1)11-13-9-5-2-6-10-13;/h11-13,15-18H,9-10,14H2,1-8H3;1-10H;/q-1;;. The summed E-state index contributed by atoms with van der Waals surface area (Å²) in [4.78, 5) is 0. The van der Waals surface area contributed by atoms with Crippen LogP contribution < -0.4 is 10.4 Å². The predicted molar refractivity (Wildman–Crippen MR) is 200 cm³/mol. The third-order valence-corrected chi connectivity index (χ3v) is 14.5. The molecule has 44 heavy (non-hydrogen) atoms. The average Bonchev–Trinajstić information content (AvgIpc) is 3.67. The second-order valence-electron chi connectivity index (χ2n) is 14.1. The Morgan fingerprint density at radius 1 is 0.750 bits per heavy atom. The minimum absolute atomic E-state index is 1.07. The SMILES string of the molecule is CCc1ccc2c(c1)[cH-]c1c(C3=CC=CC3)c(CC)c([Si](C)(C)C)c([Si](C)(C)C)c12.[Zr]=[C](c1ccccc1)c1ccccc1. The molecule has 224 valence electrons. The Hall–Kier alpha value is -2.58. The molecule has 0 saturated heterocycles. The molecule has 0 atom stereocenters. The molecule has 0 bridgehead atoms. The van der Waals surface area contributed by atoms with E-state index in [0.717, 1.165) is 19.3 Å². The molecule has 0 aliphatic heterocycles. The van der Waals surface area contributed by atoms with Gasteiger partial charge in [-0.25, -0.2) is 0 Å². The van der Waals surface area contributed by atoms with Gasteiger partial charge in [0, 0.05) is 0 Å². The summed E-state index contributed by atoms with van der Waals surface area (Å²) in [5, 5.41) is 9.55. The maximum absolute atomic E-state index is 2.56. The van der Waals surface area contributed by atoms with Crippen LogP contribution in [-0.2, 0) is 37.1 Å². The van der Waals surface area contributed by atoms with Gasteiger partial charge in [-0.3, -0.25) is 0 Å². The van der Waals surface area contributed by atoms with E-state index in [-0.39, 0.29) is 0 Å². The average molecular weight is 687 g/mol. The molecule has 0 nitrogen and oxygen atoms in total. The number of rotatable bonds is 7. The summed E-state index contributed by atoms with van der Waals surface area (Å²) < 4.78 is 1.42. The first kappa shape index (κ1) is 32.8. The first-order chi connectivity index (χ1) is 21.0. The van der Waals surface area contributed by atoms with Crippen molar-refractivity contribution in [3.63, 3.8) is 0 Å². The van der Waals surface area contributed by atoms with Crippen molar-refractivity contribution in [3.8, 4) is 0 Å². The predicted octanol–water partition coefficient (Wildman–Crippen LogP) is 10.1. The van der Waals surface area contributed by atoms with E-state index in [1.54, 1.807) is 26.9 Å². The zero-order valence-corrected chi connectivity index (χ0v) is 32.4. The maximum atomic E-state index is 2.56. The minimum atomic E-state index is -1.57. The van der Waals surface area contributed by atoms with Crippen LogP contribution >= 0.6 is 0 Å². The summed E-state index contributed by atoms with van der Waals surface area (Å²) in [6.45, 7) is 20.0. The molecule has 1 aliphatic carbocycles. The monoisotopic (exact) mass is 685 g/mol. The fourth-order valence-corrected chi connectivity index (χ4v) is 14.0. The van der Waals surface area contributed by atoms with Gasteiger partial charge in [0.25, 0.3) is 0 Å². The summed E-state index contributed by atoms with van der Waals surface area (Å²) in [7, 11) is -3.11. The molecular weight excluding hydrogens is 640 g/mol. The molecule has 0 aromatic heterocycles. The normalized spacial score (nSPS) is 13.2. The molecule has 0 amide bonds. The van der Waals surface area contributed by atoms with Gasteiger partial charge in [0.1, 0.15) is 0 Å². The van der Waals surface area contributed by atoms with Crippen molar-refractivity contribution in [2.24, 2.45) is 0 Å². The van der Waals surface area contributed by atoms with E-state index in [2.05, 4.69) is 156 Å². The van der Waals surface area contributed by atoms with Gasteiger partial charge in [-0.2, -0.15) is 0 Å². The van der Waals surface area contributed by atoms with Crippen molar-refractivity contribution in [1.29, 1.82) is 0 Å². The van der Waals surface area contributed by atoms with E-state index in [0.29, 0.717) is 0 Å². The van der Waals surface area contributed by atoms with Crippen molar-refractivity contribution in [1.82, 2.24) is 0 Å². The van der Waals surface area contributed by atoms with Gasteiger partial charge < -0.3 is 0 Å². The van der Waals surface area contributed by atoms with Gasteiger partial charge in [0.05, 0.1) is 16.1 Å². The Balaban J connectivity index is 0.000000229. The zero-order chi connectivity index (χ0) is 31.6. The molecule has 0 saturated carbocycles. The molecule has 0 N–H and O–H groups in total. The number of fused-ring (bicyclic) bond motifs is 3. The molecule has 5 aromatic rings. The molecule has 0 fully saturated rings. The number of allylic oxidation sites excluding steroid dienone is 4. The van der Waals surface area contributed by atoms with E-state index in [4.69, 9.17) is 0 Å². The van der Waals surface area contributed by atoms with E-state index in [9.17, 15) is 0 Å². The number of hydrogen-bond acceptors (Lipinski definition) is 0. The van der Waals surface area contributed by atoms with Crippen LogP contribution in [0.15, 0.2) is 103 Å². The van der Waals surface area contributed by atoms with Crippen molar-refractivity contribution in [3.05, 3.63) is 131 Å². The van der Waals surface area contributed by atoms with Gasteiger partial charge >= 0.3 is 99.2 Å².